The molecule has 0 unspecified atom stereocenters. The molecule has 0 aliphatic heterocycles. The number of nitrogens with zero attached hydrogens (tertiary/aromatic N) is 3. The third-order valence-corrected chi connectivity index (χ3v) is 3.63. The summed E-state index contributed by atoms with van der Waals surface area (Å²) >= 11 is 6.13. The highest BCUT2D eigenvalue weighted by Crippen LogP contribution is 2.29. The number of ether oxygens (including phenoxy) is 2. The van der Waals surface area contributed by atoms with Crippen molar-refractivity contribution in [3.8, 4) is 11.5 Å². The Morgan fingerprint density at radius 3 is 2.52 bits per heavy atom. The van der Waals surface area contributed by atoms with Gasteiger partial charge in [-0.1, -0.05) is 23.7 Å². The molecular weight excluding hydrogens is 342 g/mol. The summed E-state index contributed by atoms with van der Waals surface area (Å²) in [6.45, 7) is 0. The summed E-state index contributed by atoms with van der Waals surface area (Å²) in [7, 11) is 3.17. The Labute approximate surface area is 150 Å². The molecule has 0 bridgehead atoms. The Bertz CT molecular complexity index is 875. The first-order valence-electron chi connectivity index (χ1n) is 7.40. The number of methoxy groups -OCH3 is 2. The van der Waals surface area contributed by atoms with E-state index in [1.807, 2.05) is 30.3 Å². The molecule has 0 atom stereocenters. The summed E-state index contributed by atoms with van der Waals surface area (Å²) in [6.07, 6.45) is 1.52. The molecule has 8 heteroatoms. The van der Waals surface area contributed by atoms with Gasteiger partial charge in [0, 0.05) is 5.69 Å². The lowest BCUT2D eigenvalue weighted by Gasteiger charge is -2.11. The highest BCUT2D eigenvalue weighted by Gasteiger charge is 2.07. The van der Waals surface area contributed by atoms with Crippen LogP contribution in [-0.4, -0.2) is 29.4 Å². The van der Waals surface area contributed by atoms with Crippen LogP contribution in [0, 0.1) is 0 Å². The molecule has 1 heterocycles. The number of rotatable bonds is 6. The molecule has 3 rings (SSSR count). The second-order valence-corrected chi connectivity index (χ2v) is 5.37. The van der Waals surface area contributed by atoms with Crippen molar-refractivity contribution in [2.75, 3.05) is 24.9 Å². The SMILES string of the molecule is COc1ccc(Nc2cnnc(Nc3ccccc3OC)n2)cc1Cl. The summed E-state index contributed by atoms with van der Waals surface area (Å²) in [5, 5.41) is 14.6. The summed E-state index contributed by atoms with van der Waals surface area (Å²) in [4.78, 5) is 4.39. The van der Waals surface area contributed by atoms with Crippen LogP contribution in [0.1, 0.15) is 0 Å². The van der Waals surface area contributed by atoms with E-state index < -0.39 is 0 Å². The number of anilines is 4. The van der Waals surface area contributed by atoms with Crippen LogP contribution in [0.2, 0.25) is 5.02 Å². The molecule has 0 aliphatic rings. The van der Waals surface area contributed by atoms with Gasteiger partial charge in [-0.2, -0.15) is 10.1 Å². The lowest BCUT2D eigenvalue weighted by Crippen LogP contribution is -2.03. The number of halogens is 1. The van der Waals surface area contributed by atoms with E-state index in [2.05, 4.69) is 25.8 Å². The van der Waals surface area contributed by atoms with Gasteiger partial charge in [0.1, 0.15) is 11.5 Å². The van der Waals surface area contributed by atoms with Crippen molar-refractivity contribution in [1.29, 1.82) is 0 Å². The molecular formula is C17H16ClN5O2. The van der Waals surface area contributed by atoms with Gasteiger partial charge in [0.05, 0.1) is 31.1 Å². The number of hydrogen-bond donors (Lipinski definition) is 2. The molecule has 0 radical (unpaired) electrons. The quantitative estimate of drug-likeness (QED) is 0.689. The first kappa shape index (κ1) is 16.8. The smallest absolute Gasteiger partial charge is 0.249 e. The zero-order chi connectivity index (χ0) is 17.6. The van der Waals surface area contributed by atoms with Crippen molar-refractivity contribution in [2.45, 2.75) is 0 Å². The Balaban J connectivity index is 1.78. The lowest BCUT2D eigenvalue weighted by atomic mass is 10.3. The van der Waals surface area contributed by atoms with Gasteiger partial charge in [-0.15, -0.1) is 5.10 Å². The summed E-state index contributed by atoms with van der Waals surface area (Å²) in [6, 6.07) is 12.8. The van der Waals surface area contributed by atoms with Crippen LogP contribution >= 0.6 is 11.6 Å². The fourth-order valence-electron chi connectivity index (χ4n) is 2.18. The predicted octanol–water partition coefficient (Wildman–Crippen LogP) is 4.03. The fraction of sp³-hybridized carbons (Fsp3) is 0.118. The average molecular weight is 358 g/mol. The van der Waals surface area contributed by atoms with Crippen molar-refractivity contribution in [3.63, 3.8) is 0 Å². The van der Waals surface area contributed by atoms with Crippen molar-refractivity contribution in [2.24, 2.45) is 0 Å². The molecule has 0 amide bonds. The first-order valence-corrected chi connectivity index (χ1v) is 7.77. The molecule has 0 aliphatic carbocycles. The highest BCUT2D eigenvalue weighted by atomic mass is 35.5. The van der Waals surface area contributed by atoms with E-state index in [-0.39, 0.29) is 0 Å². The van der Waals surface area contributed by atoms with Crippen LogP contribution in [0.25, 0.3) is 0 Å². The summed E-state index contributed by atoms with van der Waals surface area (Å²) in [5.41, 5.74) is 1.51. The van der Waals surface area contributed by atoms with Crippen molar-refractivity contribution in [3.05, 3.63) is 53.7 Å². The third-order valence-electron chi connectivity index (χ3n) is 3.34. The van der Waals surface area contributed by atoms with E-state index in [1.165, 1.54) is 6.20 Å². The molecule has 2 aromatic carbocycles. The van der Waals surface area contributed by atoms with E-state index in [9.17, 15) is 0 Å². The molecule has 7 nitrogen and oxygen atoms in total. The maximum atomic E-state index is 6.13. The molecule has 128 valence electrons. The van der Waals surface area contributed by atoms with Gasteiger partial charge in [0.25, 0.3) is 0 Å². The van der Waals surface area contributed by atoms with Gasteiger partial charge in [-0.3, -0.25) is 0 Å². The van der Waals surface area contributed by atoms with Gasteiger partial charge in [0.15, 0.2) is 5.82 Å². The number of nitrogens with one attached hydrogen (secondary N) is 2. The van der Waals surface area contributed by atoms with E-state index in [0.29, 0.717) is 28.3 Å². The second-order valence-electron chi connectivity index (χ2n) is 4.96. The average Bonchev–Trinajstić information content (AvgIpc) is 2.63. The van der Waals surface area contributed by atoms with Crippen LogP contribution in [0.5, 0.6) is 11.5 Å². The van der Waals surface area contributed by atoms with Crippen molar-refractivity contribution >= 4 is 34.7 Å². The Kier molecular flexibility index (Phi) is 5.15. The predicted molar refractivity (Wildman–Crippen MR) is 97.4 cm³/mol. The maximum absolute atomic E-state index is 6.13. The number of benzene rings is 2. The number of para-hydroxylation sites is 2. The van der Waals surface area contributed by atoms with E-state index in [0.717, 1.165) is 11.4 Å². The molecule has 3 aromatic rings. The summed E-state index contributed by atoms with van der Waals surface area (Å²) in [5.74, 6) is 2.15. The van der Waals surface area contributed by atoms with E-state index in [1.54, 1.807) is 26.4 Å². The third kappa shape index (κ3) is 4.07. The second kappa shape index (κ2) is 7.67. The van der Waals surface area contributed by atoms with Gasteiger partial charge in [-0.25, -0.2) is 0 Å². The molecule has 1 aromatic heterocycles. The van der Waals surface area contributed by atoms with E-state index in [4.69, 9.17) is 21.1 Å². The van der Waals surface area contributed by atoms with Gasteiger partial charge < -0.3 is 20.1 Å². The molecule has 0 saturated heterocycles. The van der Waals surface area contributed by atoms with Crippen molar-refractivity contribution in [1.82, 2.24) is 15.2 Å². The Morgan fingerprint density at radius 1 is 0.960 bits per heavy atom. The zero-order valence-electron chi connectivity index (χ0n) is 13.7. The van der Waals surface area contributed by atoms with Crippen LogP contribution in [0.4, 0.5) is 23.1 Å². The first-order chi connectivity index (χ1) is 12.2. The largest absolute Gasteiger partial charge is 0.495 e. The van der Waals surface area contributed by atoms with Crippen LogP contribution in [0.15, 0.2) is 48.7 Å². The van der Waals surface area contributed by atoms with Crippen LogP contribution in [-0.2, 0) is 0 Å². The number of hydrogen-bond acceptors (Lipinski definition) is 7. The minimum atomic E-state index is 0.342. The van der Waals surface area contributed by atoms with Crippen molar-refractivity contribution < 1.29 is 9.47 Å². The Hall–Kier alpha value is -3.06. The van der Waals surface area contributed by atoms with Gasteiger partial charge in [0.2, 0.25) is 5.95 Å². The fourth-order valence-corrected chi connectivity index (χ4v) is 2.43. The topological polar surface area (TPSA) is 81.2 Å². The lowest BCUT2D eigenvalue weighted by molar-refractivity contribution is 0.415. The minimum Gasteiger partial charge on any atom is -0.495 e. The van der Waals surface area contributed by atoms with Crippen LogP contribution in [0.3, 0.4) is 0 Å². The summed E-state index contributed by atoms with van der Waals surface area (Å²) < 4.78 is 10.4. The van der Waals surface area contributed by atoms with Gasteiger partial charge >= 0.3 is 0 Å². The molecule has 2 N–H and O–H groups in total. The zero-order valence-corrected chi connectivity index (χ0v) is 14.4. The normalized spacial score (nSPS) is 10.2. The molecule has 0 saturated carbocycles. The molecule has 0 spiro atoms. The van der Waals surface area contributed by atoms with Gasteiger partial charge in [-0.05, 0) is 30.3 Å². The Morgan fingerprint density at radius 2 is 1.76 bits per heavy atom. The highest BCUT2D eigenvalue weighted by molar-refractivity contribution is 6.32. The molecule has 25 heavy (non-hydrogen) atoms. The monoisotopic (exact) mass is 357 g/mol. The van der Waals surface area contributed by atoms with E-state index >= 15 is 0 Å². The number of aromatic nitrogens is 3. The molecule has 0 fully saturated rings. The minimum absolute atomic E-state index is 0.342. The standard InChI is InChI=1S/C17H16ClN5O2/c1-24-14-8-7-11(9-12(14)18)20-16-10-19-23-17(22-16)21-13-5-3-4-6-15(13)25-2/h3-10H,1-2H3,(H2,20,21,22,23). The maximum Gasteiger partial charge on any atom is 0.249 e. The van der Waals surface area contributed by atoms with Crippen LogP contribution < -0.4 is 20.1 Å².